The van der Waals surface area contributed by atoms with Gasteiger partial charge in [-0.2, -0.15) is 0 Å². The van der Waals surface area contributed by atoms with Crippen LogP contribution in [0.2, 0.25) is 0 Å². The molecule has 0 aliphatic carbocycles. The highest BCUT2D eigenvalue weighted by atomic mass is 28.4. The predicted molar refractivity (Wildman–Crippen MR) is 80.0 cm³/mol. The highest BCUT2D eigenvalue weighted by molar-refractivity contribution is 6.59. The van der Waals surface area contributed by atoms with E-state index in [1.54, 1.807) is 0 Å². The first-order valence-corrected chi connectivity index (χ1v) is 8.78. The Kier molecular flexibility index (Phi) is 16.5. The zero-order valence-electron chi connectivity index (χ0n) is 13.0. The molecule has 0 aliphatic rings. The van der Waals surface area contributed by atoms with Crippen molar-refractivity contribution in [1.29, 1.82) is 0 Å². The molecule has 0 aromatic rings. The van der Waals surface area contributed by atoms with E-state index in [0.717, 1.165) is 12.8 Å². The smallest absolute Gasteiger partial charge is 0.356 e. The van der Waals surface area contributed by atoms with Gasteiger partial charge >= 0.3 is 8.97 Å². The van der Waals surface area contributed by atoms with Crippen LogP contribution in [0.15, 0.2) is 4.66 Å². The van der Waals surface area contributed by atoms with Gasteiger partial charge in [-0.3, -0.25) is 4.66 Å². The largest absolute Gasteiger partial charge is 0.652 e. The summed E-state index contributed by atoms with van der Waals surface area (Å²) in [5, 5.41) is 0. The first-order chi connectivity index (χ1) is 8.66. The van der Waals surface area contributed by atoms with Crippen LogP contribution in [-0.4, -0.2) is 35.0 Å². The Morgan fingerprint density at radius 1 is 0.833 bits per heavy atom. The van der Waals surface area contributed by atoms with Gasteiger partial charge in [0.1, 0.15) is 0 Å². The minimum atomic E-state index is -2.76. The summed E-state index contributed by atoms with van der Waals surface area (Å²) in [6, 6.07) is 0. The molecule has 0 unspecified atom stereocenters. The molecule has 0 spiro atoms. The molecule has 0 amide bonds. The van der Waals surface area contributed by atoms with Crippen LogP contribution in [-0.2, 0) is 13.3 Å². The molecule has 18 heavy (non-hydrogen) atoms. The lowest BCUT2D eigenvalue weighted by molar-refractivity contribution is 0.0732. The molecular formula is C13H31NO3Si. The number of nitrogens with zero attached hydrogens (tertiary/aromatic N) is 1. The zero-order chi connectivity index (χ0) is 14.3. The molecule has 4 nitrogen and oxygen atoms in total. The first kappa shape index (κ1) is 20.1. The third kappa shape index (κ3) is 10.9. The Balaban J connectivity index is 0. The molecule has 0 bridgehead atoms. The minimum Gasteiger partial charge on any atom is -0.356 e. The maximum Gasteiger partial charge on any atom is 0.652 e. The predicted octanol–water partition coefficient (Wildman–Crippen LogP) is 3.82. The molecule has 0 aromatic heterocycles. The molecule has 0 heterocycles. The summed E-state index contributed by atoms with van der Waals surface area (Å²) in [6.45, 7) is 13.8. The maximum absolute atomic E-state index is 5.55. The van der Waals surface area contributed by atoms with Crippen molar-refractivity contribution in [2.45, 2.75) is 60.8 Å². The highest BCUT2D eigenvalue weighted by Gasteiger charge is 2.41. The summed E-state index contributed by atoms with van der Waals surface area (Å²) in [5.41, 5.74) is 0. The van der Waals surface area contributed by atoms with Crippen molar-refractivity contribution in [3.8, 4) is 0 Å². The van der Waals surface area contributed by atoms with Crippen LogP contribution >= 0.6 is 0 Å². The van der Waals surface area contributed by atoms with Crippen molar-refractivity contribution in [1.82, 2.24) is 0 Å². The van der Waals surface area contributed by atoms with E-state index in [1.165, 1.54) is 6.42 Å². The van der Waals surface area contributed by atoms with Crippen molar-refractivity contribution in [3.63, 3.8) is 0 Å². The third-order valence-corrected chi connectivity index (χ3v) is 4.11. The van der Waals surface area contributed by atoms with Crippen LogP contribution in [0.5, 0.6) is 0 Å². The van der Waals surface area contributed by atoms with Gasteiger partial charge in [-0.1, -0.05) is 33.6 Å². The normalized spacial score (nSPS) is 11.4. The van der Waals surface area contributed by atoms with E-state index in [-0.39, 0.29) is 0 Å². The molecule has 0 N–H and O–H groups in total. The van der Waals surface area contributed by atoms with E-state index in [0.29, 0.717) is 19.8 Å². The van der Waals surface area contributed by atoms with Gasteiger partial charge in [0.05, 0.1) is 0 Å². The molecule has 110 valence electrons. The Bertz CT molecular complexity index is 172. The molecule has 0 atom stereocenters. The standard InChI is InChI=1S/C10H23NO3Si.C3H8/c1-5-9-10-11-15(12-6-2,13-7-3)14-8-4;1-3-2/h10H,5-9H2,1-4H3;3H2,1-2H3. The van der Waals surface area contributed by atoms with E-state index >= 15 is 0 Å². The fourth-order valence-electron chi connectivity index (χ4n) is 1.09. The first-order valence-electron chi connectivity index (χ1n) is 7.11. The lowest BCUT2D eigenvalue weighted by Crippen LogP contribution is -2.44. The van der Waals surface area contributed by atoms with Gasteiger partial charge in [-0.25, -0.2) is 0 Å². The summed E-state index contributed by atoms with van der Waals surface area (Å²) in [4.78, 5) is 0. The summed E-state index contributed by atoms with van der Waals surface area (Å²) in [6.07, 6.45) is 5.10. The SMILES string of the molecule is CCC.CCCC=N[Si](OCC)(OCC)OCC. The Morgan fingerprint density at radius 3 is 1.50 bits per heavy atom. The van der Waals surface area contributed by atoms with Crippen LogP contribution < -0.4 is 0 Å². The van der Waals surface area contributed by atoms with Crippen LogP contribution in [0.1, 0.15) is 60.8 Å². The van der Waals surface area contributed by atoms with Crippen molar-refractivity contribution >= 4 is 15.2 Å². The summed E-state index contributed by atoms with van der Waals surface area (Å²) >= 11 is 0. The highest BCUT2D eigenvalue weighted by Crippen LogP contribution is 2.11. The second kappa shape index (κ2) is 14.8. The number of rotatable bonds is 9. The monoisotopic (exact) mass is 277 g/mol. The summed E-state index contributed by atoms with van der Waals surface area (Å²) in [5.74, 6) is 0. The summed E-state index contributed by atoms with van der Waals surface area (Å²) < 4.78 is 21.0. The average Bonchev–Trinajstić information content (AvgIpc) is 2.31. The molecule has 0 rings (SSSR count). The lowest BCUT2D eigenvalue weighted by Gasteiger charge is -2.23. The number of hydrogen-bond donors (Lipinski definition) is 0. The fourth-order valence-corrected chi connectivity index (χ4v) is 3.01. The quantitative estimate of drug-likeness (QED) is 0.475. The third-order valence-electron chi connectivity index (χ3n) is 1.65. The molecule has 0 radical (unpaired) electrons. The Labute approximate surface area is 114 Å². The van der Waals surface area contributed by atoms with Gasteiger partial charge in [-0.05, 0) is 33.4 Å². The van der Waals surface area contributed by atoms with Crippen molar-refractivity contribution < 1.29 is 13.3 Å². The molecule has 0 aliphatic heterocycles. The van der Waals surface area contributed by atoms with Gasteiger partial charge in [0, 0.05) is 19.8 Å². The van der Waals surface area contributed by atoms with Crippen LogP contribution in [0.25, 0.3) is 0 Å². The van der Waals surface area contributed by atoms with E-state index in [2.05, 4.69) is 25.4 Å². The van der Waals surface area contributed by atoms with Gasteiger partial charge in [0.25, 0.3) is 0 Å². The van der Waals surface area contributed by atoms with Gasteiger partial charge in [0.2, 0.25) is 0 Å². The molecule has 0 fully saturated rings. The molecule has 0 saturated heterocycles. The maximum atomic E-state index is 5.55. The van der Waals surface area contributed by atoms with E-state index < -0.39 is 8.97 Å². The average molecular weight is 277 g/mol. The Morgan fingerprint density at radius 2 is 1.22 bits per heavy atom. The van der Waals surface area contributed by atoms with Gasteiger partial charge < -0.3 is 13.3 Å². The van der Waals surface area contributed by atoms with Gasteiger partial charge in [-0.15, -0.1) is 0 Å². The fraction of sp³-hybridized carbons (Fsp3) is 0.923. The van der Waals surface area contributed by atoms with E-state index in [4.69, 9.17) is 13.3 Å². The van der Waals surface area contributed by atoms with Crippen molar-refractivity contribution in [3.05, 3.63) is 0 Å². The van der Waals surface area contributed by atoms with Crippen LogP contribution in [0.4, 0.5) is 0 Å². The van der Waals surface area contributed by atoms with Crippen LogP contribution in [0.3, 0.4) is 0 Å². The van der Waals surface area contributed by atoms with Crippen molar-refractivity contribution in [2.75, 3.05) is 19.8 Å². The molecular weight excluding hydrogens is 246 g/mol. The summed E-state index contributed by atoms with van der Waals surface area (Å²) in [7, 11) is -2.76. The van der Waals surface area contributed by atoms with Gasteiger partial charge in [0.15, 0.2) is 0 Å². The van der Waals surface area contributed by atoms with E-state index in [9.17, 15) is 0 Å². The van der Waals surface area contributed by atoms with Crippen LogP contribution in [0, 0.1) is 0 Å². The number of unbranched alkanes of at least 4 members (excludes halogenated alkanes) is 1. The molecule has 0 saturated carbocycles. The second-order valence-electron chi connectivity index (χ2n) is 3.63. The van der Waals surface area contributed by atoms with E-state index in [1.807, 2.05) is 27.0 Å². The topological polar surface area (TPSA) is 40.0 Å². The molecule has 5 heteroatoms. The zero-order valence-corrected chi connectivity index (χ0v) is 14.0. The lowest BCUT2D eigenvalue weighted by atomic mass is 10.4. The molecule has 0 aromatic carbocycles. The number of hydrogen-bond acceptors (Lipinski definition) is 4. The second-order valence-corrected chi connectivity index (χ2v) is 5.80. The Hall–Kier alpha value is -0.233. The van der Waals surface area contributed by atoms with Crippen molar-refractivity contribution in [2.24, 2.45) is 4.66 Å². The minimum absolute atomic E-state index is 0.565.